The SMILES string of the molecule is CN(C)c1cc(Sc2nnc(CN)n2C)ncn1. The van der Waals surface area contributed by atoms with Gasteiger partial charge in [-0.2, -0.15) is 0 Å². The van der Waals surface area contributed by atoms with E-state index in [1.807, 2.05) is 36.7 Å². The molecule has 2 heterocycles. The van der Waals surface area contributed by atoms with E-state index in [0.29, 0.717) is 6.54 Å². The van der Waals surface area contributed by atoms with Gasteiger partial charge in [-0.05, 0) is 11.8 Å². The molecule has 0 amide bonds. The minimum absolute atomic E-state index is 0.372. The van der Waals surface area contributed by atoms with Crippen molar-refractivity contribution in [3.05, 3.63) is 18.2 Å². The van der Waals surface area contributed by atoms with Gasteiger partial charge < -0.3 is 15.2 Å². The Hall–Kier alpha value is -1.67. The quantitative estimate of drug-likeness (QED) is 0.795. The second-order valence-electron chi connectivity index (χ2n) is 3.87. The van der Waals surface area contributed by atoms with Crippen molar-refractivity contribution in [2.75, 3.05) is 19.0 Å². The Balaban J connectivity index is 2.23. The van der Waals surface area contributed by atoms with Crippen LogP contribution in [-0.2, 0) is 13.6 Å². The summed E-state index contributed by atoms with van der Waals surface area (Å²) < 4.78 is 1.86. The molecule has 2 rings (SSSR count). The Kier molecular flexibility index (Phi) is 3.78. The summed E-state index contributed by atoms with van der Waals surface area (Å²) in [5.74, 6) is 1.60. The first-order chi connectivity index (χ1) is 8.61. The van der Waals surface area contributed by atoms with Crippen LogP contribution in [0.15, 0.2) is 22.6 Å². The van der Waals surface area contributed by atoms with Gasteiger partial charge in [-0.25, -0.2) is 9.97 Å². The van der Waals surface area contributed by atoms with Crippen LogP contribution < -0.4 is 10.6 Å². The molecule has 2 aromatic rings. The fraction of sp³-hybridized carbons (Fsp3) is 0.400. The molecule has 0 saturated heterocycles. The van der Waals surface area contributed by atoms with Gasteiger partial charge in [0.2, 0.25) is 0 Å². The highest BCUT2D eigenvalue weighted by molar-refractivity contribution is 7.99. The summed E-state index contributed by atoms with van der Waals surface area (Å²) in [6, 6.07) is 1.90. The molecule has 2 aromatic heterocycles. The van der Waals surface area contributed by atoms with Crippen LogP contribution in [-0.4, -0.2) is 38.8 Å². The van der Waals surface area contributed by atoms with E-state index < -0.39 is 0 Å². The zero-order chi connectivity index (χ0) is 13.1. The van der Waals surface area contributed by atoms with Gasteiger partial charge in [0.1, 0.15) is 23.0 Å². The lowest BCUT2D eigenvalue weighted by atomic mass is 10.5. The summed E-state index contributed by atoms with van der Waals surface area (Å²) in [6.45, 7) is 0.372. The highest BCUT2D eigenvalue weighted by Gasteiger charge is 2.10. The summed E-state index contributed by atoms with van der Waals surface area (Å²) in [4.78, 5) is 10.3. The van der Waals surface area contributed by atoms with Crippen LogP contribution in [0.1, 0.15) is 5.82 Å². The van der Waals surface area contributed by atoms with E-state index in [9.17, 15) is 0 Å². The predicted molar refractivity (Wildman–Crippen MR) is 69.4 cm³/mol. The van der Waals surface area contributed by atoms with Crippen molar-refractivity contribution in [3.63, 3.8) is 0 Å². The Bertz CT molecular complexity index is 537. The third-order valence-electron chi connectivity index (χ3n) is 2.39. The van der Waals surface area contributed by atoms with E-state index in [1.165, 1.54) is 18.1 Å². The van der Waals surface area contributed by atoms with Crippen LogP contribution in [0.3, 0.4) is 0 Å². The van der Waals surface area contributed by atoms with Crippen LogP contribution in [0.5, 0.6) is 0 Å². The van der Waals surface area contributed by atoms with Crippen LogP contribution in [0.2, 0.25) is 0 Å². The topological polar surface area (TPSA) is 85.8 Å². The predicted octanol–water partition coefficient (Wildman–Crippen LogP) is 0.281. The maximum Gasteiger partial charge on any atom is 0.197 e. The third kappa shape index (κ3) is 2.59. The highest BCUT2D eigenvalue weighted by atomic mass is 32.2. The average molecular weight is 265 g/mol. The molecular formula is C10H15N7S. The van der Waals surface area contributed by atoms with E-state index in [2.05, 4.69) is 20.2 Å². The van der Waals surface area contributed by atoms with Crippen molar-refractivity contribution in [1.82, 2.24) is 24.7 Å². The lowest BCUT2D eigenvalue weighted by Crippen LogP contribution is -2.10. The third-order valence-corrected chi connectivity index (χ3v) is 3.36. The normalized spacial score (nSPS) is 10.7. The molecule has 18 heavy (non-hydrogen) atoms. The largest absolute Gasteiger partial charge is 0.363 e. The number of hydrogen-bond acceptors (Lipinski definition) is 7. The molecule has 0 aliphatic carbocycles. The Morgan fingerprint density at radius 1 is 1.33 bits per heavy atom. The number of aromatic nitrogens is 5. The minimum Gasteiger partial charge on any atom is -0.363 e. The molecule has 96 valence electrons. The Morgan fingerprint density at radius 3 is 2.72 bits per heavy atom. The van der Waals surface area contributed by atoms with Crippen molar-refractivity contribution in [2.45, 2.75) is 16.7 Å². The summed E-state index contributed by atoms with van der Waals surface area (Å²) in [7, 11) is 5.76. The molecule has 7 nitrogen and oxygen atoms in total. The Labute approximate surface area is 109 Å². The molecule has 0 aromatic carbocycles. The van der Waals surface area contributed by atoms with E-state index in [0.717, 1.165) is 21.8 Å². The first-order valence-electron chi connectivity index (χ1n) is 5.37. The van der Waals surface area contributed by atoms with Gasteiger partial charge in [-0.1, -0.05) is 0 Å². The molecular weight excluding hydrogens is 250 g/mol. The molecule has 0 saturated carbocycles. The Morgan fingerprint density at radius 2 is 2.11 bits per heavy atom. The van der Waals surface area contributed by atoms with Crippen LogP contribution in [0.4, 0.5) is 5.82 Å². The van der Waals surface area contributed by atoms with E-state index >= 15 is 0 Å². The standard InChI is InChI=1S/C10H15N7S/c1-16(2)7-4-9(13-6-12-7)18-10-15-14-8(5-11)17(10)3/h4,6H,5,11H2,1-3H3. The highest BCUT2D eigenvalue weighted by Crippen LogP contribution is 2.25. The molecule has 0 atom stereocenters. The molecule has 8 heteroatoms. The van der Waals surface area contributed by atoms with Crippen molar-refractivity contribution in [2.24, 2.45) is 12.8 Å². The van der Waals surface area contributed by atoms with E-state index in [1.54, 1.807) is 0 Å². The fourth-order valence-corrected chi connectivity index (χ4v) is 2.11. The summed E-state index contributed by atoms with van der Waals surface area (Å²) in [6.07, 6.45) is 1.54. The summed E-state index contributed by atoms with van der Waals surface area (Å²) in [5, 5.41) is 9.67. The smallest absolute Gasteiger partial charge is 0.197 e. The first kappa shape index (κ1) is 12.8. The summed E-state index contributed by atoms with van der Waals surface area (Å²) >= 11 is 1.44. The maximum absolute atomic E-state index is 5.56. The average Bonchev–Trinajstić information content (AvgIpc) is 2.71. The number of anilines is 1. The molecule has 0 spiro atoms. The van der Waals surface area contributed by atoms with Crippen molar-refractivity contribution in [1.29, 1.82) is 0 Å². The van der Waals surface area contributed by atoms with Crippen LogP contribution >= 0.6 is 11.8 Å². The lowest BCUT2D eigenvalue weighted by Gasteiger charge is -2.10. The van der Waals surface area contributed by atoms with Gasteiger partial charge in [-0.3, -0.25) is 0 Å². The summed E-state index contributed by atoms with van der Waals surface area (Å²) in [5.41, 5.74) is 5.56. The lowest BCUT2D eigenvalue weighted by molar-refractivity contribution is 0.733. The molecule has 0 unspecified atom stereocenters. The molecule has 0 aliphatic heterocycles. The van der Waals surface area contributed by atoms with Crippen molar-refractivity contribution in [3.8, 4) is 0 Å². The number of rotatable bonds is 4. The molecule has 2 N–H and O–H groups in total. The first-order valence-corrected chi connectivity index (χ1v) is 6.19. The minimum atomic E-state index is 0.372. The molecule has 0 radical (unpaired) electrons. The van der Waals surface area contributed by atoms with Gasteiger partial charge >= 0.3 is 0 Å². The van der Waals surface area contributed by atoms with Gasteiger partial charge in [0.05, 0.1) is 6.54 Å². The fourth-order valence-electron chi connectivity index (χ4n) is 1.34. The second-order valence-corrected chi connectivity index (χ2v) is 4.86. The maximum atomic E-state index is 5.56. The molecule has 0 aliphatic rings. The monoisotopic (exact) mass is 265 g/mol. The van der Waals surface area contributed by atoms with E-state index in [4.69, 9.17) is 5.73 Å². The van der Waals surface area contributed by atoms with Crippen molar-refractivity contribution < 1.29 is 0 Å². The van der Waals surface area contributed by atoms with Gasteiger partial charge in [0, 0.05) is 27.2 Å². The number of nitrogens with zero attached hydrogens (tertiary/aromatic N) is 6. The zero-order valence-corrected chi connectivity index (χ0v) is 11.3. The van der Waals surface area contributed by atoms with Gasteiger partial charge in [0.15, 0.2) is 5.16 Å². The van der Waals surface area contributed by atoms with E-state index in [-0.39, 0.29) is 0 Å². The zero-order valence-electron chi connectivity index (χ0n) is 10.5. The second kappa shape index (κ2) is 5.32. The van der Waals surface area contributed by atoms with Crippen molar-refractivity contribution >= 4 is 17.6 Å². The van der Waals surface area contributed by atoms with Gasteiger partial charge in [-0.15, -0.1) is 10.2 Å². The van der Waals surface area contributed by atoms with Gasteiger partial charge in [0.25, 0.3) is 0 Å². The van der Waals surface area contributed by atoms with Crippen LogP contribution in [0, 0.1) is 0 Å². The van der Waals surface area contributed by atoms with Crippen LogP contribution in [0.25, 0.3) is 0 Å². The molecule has 0 bridgehead atoms. The number of hydrogen-bond donors (Lipinski definition) is 1. The number of nitrogens with two attached hydrogens (primary N) is 1. The molecule has 0 fully saturated rings.